The van der Waals surface area contributed by atoms with Crippen LogP contribution < -0.4 is 20.7 Å². The summed E-state index contributed by atoms with van der Waals surface area (Å²) in [7, 11) is 1.41. The highest BCUT2D eigenvalue weighted by Gasteiger charge is 2.30. The van der Waals surface area contributed by atoms with Gasteiger partial charge in [0.1, 0.15) is 5.75 Å². The summed E-state index contributed by atoms with van der Waals surface area (Å²) in [4.78, 5) is 26.7. The minimum atomic E-state index is -4.51. The molecule has 0 atom stereocenters. The zero-order valence-corrected chi connectivity index (χ0v) is 19.1. The number of methoxy groups -OCH3 is 1. The van der Waals surface area contributed by atoms with E-state index in [1.807, 2.05) is 13.8 Å². The number of nitrogens with one attached hydrogen (secondary N) is 3. The molecule has 0 spiro atoms. The van der Waals surface area contributed by atoms with Crippen molar-refractivity contribution in [1.29, 1.82) is 0 Å². The van der Waals surface area contributed by atoms with E-state index in [2.05, 4.69) is 27.4 Å². The molecule has 0 aliphatic heterocycles. The number of allylic oxidation sites excluding steroid dienone is 4. The summed E-state index contributed by atoms with van der Waals surface area (Å²) in [5.74, 6) is -0.0226. The van der Waals surface area contributed by atoms with E-state index in [0.29, 0.717) is 17.8 Å². The number of carbonyl (C=O) groups is 2. The van der Waals surface area contributed by atoms with Gasteiger partial charge in [-0.2, -0.15) is 13.2 Å². The van der Waals surface area contributed by atoms with Crippen molar-refractivity contribution in [3.05, 3.63) is 60.2 Å². The molecule has 0 radical (unpaired) electrons. The third-order valence-electron chi connectivity index (χ3n) is 4.61. The molecule has 1 aromatic rings. The maximum atomic E-state index is 12.8. The van der Waals surface area contributed by atoms with Crippen LogP contribution in [0.3, 0.4) is 0 Å². The molecule has 0 bridgehead atoms. The normalized spacial score (nSPS) is 12.0. The van der Waals surface area contributed by atoms with Crippen molar-refractivity contribution >= 4 is 17.6 Å². The Morgan fingerprint density at radius 3 is 2.45 bits per heavy atom. The monoisotopic (exact) mass is 468 g/mol. The third kappa shape index (κ3) is 9.82. The fourth-order valence-electron chi connectivity index (χ4n) is 2.80. The van der Waals surface area contributed by atoms with Gasteiger partial charge in [-0.05, 0) is 25.2 Å². The van der Waals surface area contributed by atoms with Crippen molar-refractivity contribution in [2.45, 2.75) is 20.0 Å². The molecule has 0 aliphatic rings. The Balaban J connectivity index is 2.66. The number of anilines is 1. The number of rotatable bonds is 12. The molecule has 3 N–H and O–H groups in total. The van der Waals surface area contributed by atoms with Crippen molar-refractivity contribution < 1.29 is 27.5 Å². The Bertz CT molecular complexity index is 863. The predicted octanol–water partition coefficient (Wildman–Crippen LogP) is 4.12. The highest BCUT2D eigenvalue weighted by molar-refractivity contribution is 5.98. The number of carbonyl (C=O) groups excluding carboxylic acids is 2. The maximum absolute atomic E-state index is 12.8. The van der Waals surface area contributed by atoms with Gasteiger partial charge in [0.05, 0.1) is 18.2 Å². The fraction of sp³-hybridized carbons (Fsp3) is 0.391. The highest BCUT2D eigenvalue weighted by atomic mass is 19.4. The van der Waals surface area contributed by atoms with Crippen molar-refractivity contribution in [3.8, 4) is 5.75 Å². The summed E-state index contributed by atoms with van der Waals surface area (Å²) >= 11 is 0. The second kappa shape index (κ2) is 14.0. The van der Waals surface area contributed by atoms with E-state index < -0.39 is 17.8 Å². The van der Waals surface area contributed by atoms with Gasteiger partial charge in [0.25, 0.3) is 5.91 Å². The lowest BCUT2D eigenvalue weighted by Crippen LogP contribution is -2.35. The average molecular weight is 469 g/mol. The van der Waals surface area contributed by atoms with Crippen LogP contribution in [-0.4, -0.2) is 62.8 Å². The molecule has 0 saturated heterocycles. The van der Waals surface area contributed by atoms with Gasteiger partial charge in [-0.1, -0.05) is 44.7 Å². The van der Waals surface area contributed by atoms with Crippen molar-refractivity contribution in [2.75, 3.05) is 45.2 Å². The number of hydrogen-bond acceptors (Lipinski definition) is 4. The molecule has 1 aromatic carbocycles. The first-order valence-corrected chi connectivity index (χ1v) is 10.5. The maximum Gasteiger partial charge on any atom is 0.416 e. The zero-order valence-electron chi connectivity index (χ0n) is 19.1. The summed E-state index contributed by atoms with van der Waals surface area (Å²) < 4.78 is 43.6. The first kappa shape index (κ1) is 27.8. The lowest BCUT2D eigenvalue weighted by Gasteiger charge is -2.18. The van der Waals surface area contributed by atoms with Gasteiger partial charge < -0.3 is 25.6 Å². The minimum absolute atomic E-state index is 0.124. The van der Waals surface area contributed by atoms with Crippen LogP contribution in [0.1, 0.15) is 24.2 Å². The van der Waals surface area contributed by atoms with Gasteiger partial charge in [0, 0.05) is 31.4 Å². The Hall–Kier alpha value is -3.27. The Labute approximate surface area is 192 Å². The van der Waals surface area contributed by atoms with E-state index in [0.717, 1.165) is 37.9 Å². The molecule has 1 rings (SSSR count). The number of halogens is 3. The molecule has 0 aliphatic carbocycles. The quantitative estimate of drug-likeness (QED) is 0.403. The summed E-state index contributed by atoms with van der Waals surface area (Å²) in [6, 6.07) is 3.92. The molecule has 33 heavy (non-hydrogen) atoms. The number of nitrogens with zero attached hydrogens (tertiary/aromatic N) is 1. The highest BCUT2D eigenvalue weighted by Crippen LogP contribution is 2.26. The molecular weight excluding hydrogens is 437 g/mol. The molecule has 0 unspecified atom stereocenters. The lowest BCUT2D eigenvalue weighted by atomic mass is 10.1. The summed E-state index contributed by atoms with van der Waals surface area (Å²) in [6.45, 7) is 10.2. The first-order valence-electron chi connectivity index (χ1n) is 10.5. The number of benzene rings is 1. The smallest absolute Gasteiger partial charge is 0.416 e. The number of amides is 3. The van der Waals surface area contributed by atoms with Crippen LogP contribution in [-0.2, 0) is 0 Å². The Kier molecular flexibility index (Phi) is 11.8. The van der Waals surface area contributed by atoms with E-state index in [1.165, 1.54) is 31.4 Å². The standard InChI is InChI=1S/C23H31F3N4O3/c1-5-9-17(23(24,25)26)10-8-13-28-22(32)29-18-11-12-19(20(16-18)33-4)21(31)27-14-15-30(6-2)7-3/h5,8-12,16H,1,6-7,13-15H2,2-4H3,(H,27,31)(H2,28,29,32)/b10-8-,17-9+. The lowest BCUT2D eigenvalue weighted by molar-refractivity contribution is -0.0881. The van der Waals surface area contributed by atoms with Crippen LogP contribution in [0.5, 0.6) is 5.75 Å². The molecule has 0 aromatic heterocycles. The molecule has 0 saturated carbocycles. The van der Waals surface area contributed by atoms with Crippen LogP contribution in [0.2, 0.25) is 0 Å². The number of ether oxygens (including phenoxy) is 1. The molecule has 3 amide bonds. The van der Waals surface area contributed by atoms with E-state index in [1.54, 1.807) is 0 Å². The van der Waals surface area contributed by atoms with E-state index in [9.17, 15) is 22.8 Å². The molecule has 182 valence electrons. The molecule has 0 fully saturated rings. The van der Waals surface area contributed by atoms with Crippen LogP contribution >= 0.6 is 0 Å². The first-order chi connectivity index (χ1) is 15.7. The van der Waals surface area contributed by atoms with Crippen LogP contribution in [0, 0.1) is 0 Å². The second-order valence-electron chi connectivity index (χ2n) is 6.79. The van der Waals surface area contributed by atoms with E-state index >= 15 is 0 Å². The van der Waals surface area contributed by atoms with Gasteiger partial charge >= 0.3 is 12.2 Å². The SMILES string of the molecule is C=C/C=C(\C=C/CNC(=O)Nc1ccc(C(=O)NCCN(CC)CC)c(OC)c1)C(F)(F)F. The van der Waals surface area contributed by atoms with E-state index in [-0.39, 0.29) is 18.2 Å². The fourth-order valence-corrected chi connectivity index (χ4v) is 2.80. The molecule has 0 heterocycles. The summed E-state index contributed by atoms with van der Waals surface area (Å²) in [6.07, 6.45) is -0.601. The topological polar surface area (TPSA) is 82.7 Å². The largest absolute Gasteiger partial charge is 0.496 e. The number of likely N-dealkylation sites (N-methyl/N-ethyl adjacent to an activating group) is 1. The predicted molar refractivity (Wildman–Crippen MR) is 124 cm³/mol. The van der Waals surface area contributed by atoms with Crippen LogP contribution in [0.4, 0.5) is 23.7 Å². The number of urea groups is 1. The molecule has 10 heteroatoms. The van der Waals surface area contributed by atoms with Crippen molar-refractivity contribution in [1.82, 2.24) is 15.5 Å². The number of hydrogen-bond donors (Lipinski definition) is 3. The van der Waals surface area contributed by atoms with Gasteiger partial charge in [-0.15, -0.1) is 0 Å². The summed E-state index contributed by atoms with van der Waals surface area (Å²) in [5, 5.41) is 7.80. The summed E-state index contributed by atoms with van der Waals surface area (Å²) in [5.41, 5.74) is -0.203. The Morgan fingerprint density at radius 1 is 1.18 bits per heavy atom. The third-order valence-corrected chi connectivity index (χ3v) is 4.61. The van der Waals surface area contributed by atoms with Gasteiger partial charge in [0.2, 0.25) is 0 Å². The molecule has 7 nitrogen and oxygen atoms in total. The average Bonchev–Trinajstić information content (AvgIpc) is 2.77. The van der Waals surface area contributed by atoms with E-state index in [4.69, 9.17) is 4.74 Å². The van der Waals surface area contributed by atoms with Gasteiger partial charge in [-0.25, -0.2) is 4.79 Å². The van der Waals surface area contributed by atoms with Gasteiger partial charge in [-0.3, -0.25) is 4.79 Å². The Morgan fingerprint density at radius 2 is 1.88 bits per heavy atom. The zero-order chi connectivity index (χ0) is 24.9. The minimum Gasteiger partial charge on any atom is -0.496 e. The number of alkyl halides is 3. The van der Waals surface area contributed by atoms with Crippen molar-refractivity contribution in [2.24, 2.45) is 0 Å². The van der Waals surface area contributed by atoms with Gasteiger partial charge in [0.15, 0.2) is 0 Å². The second-order valence-corrected chi connectivity index (χ2v) is 6.79. The van der Waals surface area contributed by atoms with Crippen LogP contribution in [0.15, 0.2) is 54.7 Å². The van der Waals surface area contributed by atoms with Crippen LogP contribution in [0.25, 0.3) is 0 Å². The molecular formula is C23H31F3N4O3. The van der Waals surface area contributed by atoms with Crippen molar-refractivity contribution in [3.63, 3.8) is 0 Å².